The van der Waals surface area contributed by atoms with Crippen molar-refractivity contribution in [2.45, 2.75) is 31.6 Å². The lowest BCUT2D eigenvalue weighted by Crippen LogP contribution is -2.02. The molecule has 0 aliphatic carbocycles. The highest BCUT2D eigenvalue weighted by Gasteiger charge is 2.37. The Bertz CT molecular complexity index is 110. The minimum Gasteiger partial charge on any atom is -0.368 e. The van der Waals surface area contributed by atoms with E-state index >= 15 is 0 Å². The van der Waals surface area contributed by atoms with Crippen LogP contribution in [0.2, 0.25) is 6.04 Å². The van der Waals surface area contributed by atoms with E-state index in [0.717, 1.165) is 5.92 Å². The summed E-state index contributed by atoms with van der Waals surface area (Å²) in [7, 11) is 1.31. The van der Waals surface area contributed by atoms with Crippen LogP contribution in [0.25, 0.3) is 0 Å². The summed E-state index contributed by atoms with van der Waals surface area (Å²) in [6.45, 7) is 2.29. The molecular formula is C7H15ClOSi. The van der Waals surface area contributed by atoms with E-state index in [9.17, 15) is 0 Å². The molecule has 3 atom stereocenters. The predicted molar refractivity (Wildman–Crippen MR) is 47.9 cm³/mol. The highest BCUT2D eigenvalue weighted by Crippen LogP contribution is 2.29. The Hall–Kier alpha value is 0.467. The summed E-state index contributed by atoms with van der Waals surface area (Å²) in [5, 5.41) is 0. The average molecular weight is 179 g/mol. The fraction of sp³-hybridized carbons (Fsp3) is 1.00. The molecule has 0 bridgehead atoms. The van der Waals surface area contributed by atoms with Gasteiger partial charge in [0, 0.05) is 10.2 Å². The van der Waals surface area contributed by atoms with E-state index in [1.807, 2.05) is 0 Å². The van der Waals surface area contributed by atoms with Gasteiger partial charge >= 0.3 is 0 Å². The van der Waals surface area contributed by atoms with Gasteiger partial charge in [-0.05, 0) is 12.3 Å². The molecule has 0 N–H and O–H groups in total. The molecule has 60 valence electrons. The van der Waals surface area contributed by atoms with Gasteiger partial charge < -0.3 is 4.74 Å². The van der Waals surface area contributed by atoms with Crippen molar-refractivity contribution in [2.24, 2.45) is 5.92 Å². The molecule has 1 fully saturated rings. The summed E-state index contributed by atoms with van der Waals surface area (Å²) in [6.07, 6.45) is 2.11. The summed E-state index contributed by atoms with van der Waals surface area (Å²) >= 11 is 5.60. The maximum atomic E-state index is 5.60. The second-order valence-electron chi connectivity index (χ2n) is 3.12. The molecule has 0 radical (unpaired) electrons. The maximum absolute atomic E-state index is 5.60. The van der Waals surface area contributed by atoms with Crippen molar-refractivity contribution in [1.29, 1.82) is 0 Å². The molecule has 0 spiro atoms. The molecule has 10 heavy (non-hydrogen) atoms. The molecule has 1 aliphatic rings. The lowest BCUT2D eigenvalue weighted by Gasteiger charge is -2.03. The number of ether oxygens (including phenoxy) is 1. The van der Waals surface area contributed by atoms with E-state index in [-0.39, 0.29) is 0 Å². The minimum atomic E-state index is 0.386. The lowest BCUT2D eigenvalue weighted by molar-refractivity contribution is 0.353. The van der Waals surface area contributed by atoms with Crippen LogP contribution < -0.4 is 0 Å². The molecule has 0 saturated carbocycles. The second kappa shape index (κ2) is 3.74. The number of epoxide rings is 1. The number of rotatable bonds is 4. The van der Waals surface area contributed by atoms with E-state index in [1.54, 1.807) is 0 Å². The van der Waals surface area contributed by atoms with Gasteiger partial charge in [-0.15, -0.1) is 11.6 Å². The number of alkyl halides is 1. The standard InChI is InChI=1S/C7H15ClOSi/c1-5(4-10)2-6-7(3-8)9-6/h5-7H,2-4H2,1,10H3. The summed E-state index contributed by atoms with van der Waals surface area (Å²) in [5.74, 6) is 1.53. The Kier molecular flexibility index (Phi) is 3.20. The van der Waals surface area contributed by atoms with Gasteiger partial charge in [-0.3, -0.25) is 0 Å². The Morgan fingerprint density at radius 2 is 2.30 bits per heavy atom. The zero-order valence-electron chi connectivity index (χ0n) is 6.64. The Balaban J connectivity index is 2.05. The van der Waals surface area contributed by atoms with Crippen molar-refractivity contribution in [2.75, 3.05) is 5.88 Å². The van der Waals surface area contributed by atoms with E-state index in [4.69, 9.17) is 16.3 Å². The maximum Gasteiger partial charge on any atom is 0.0976 e. The summed E-state index contributed by atoms with van der Waals surface area (Å²) < 4.78 is 5.32. The summed E-state index contributed by atoms with van der Waals surface area (Å²) in [4.78, 5) is 0. The first-order valence-corrected chi connectivity index (χ1v) is 5.94. The Labute approximate surface area is 70.5 Å². The molecular weight excluding hydrogens is 164 g/mol. The summed E-state index contributed by atoms with van der Waals surface area (Å²) in [5.41, 5.74) is 0. The van der Waals surface area contributed by atoms with E-state index in [1.165, 1.54) is 22.7 Å². The van der Waals surface area contributed by atoms with Gasteiger partial charge in [-0.2, -0.15) is 0 Å². The Morgan fingerprint density at radius 1 is 1.60 bits per heavy atom. The van der Waals surface area contributed by atoms with Crippen molar-refractivity contribution in [1.82, 2.24) is 0 Å². The topological polar surface area (TPSA) is 12.5 Å². The van der Waals surface area contributed by atoms with Gasteiger partial charge in [0.15, 0.2) is 0 Å². The van der Waals surface area contributed by atoms with E-state index < -0.39 is 0 Å². The zero-order chi connectivity index (χ0) is 7.56. The van der Waals surface area contributed by atoms with Crippen LogP contribution in [-0.4, -0.2) is 28.3 Å². The van der Waals surface area contributed by atoms with E-state index in [2.05, 4.69) is 6.92 Å². The number of hydrogen-bond donors (Lipinski definition) is 0. The van der Waals surface area contributed by atoms with E-state index in [0.29, 0.717) is 18.1 Å². The van der Waals surface area contributed by atoms with Crippen molar-refractivity contribution < 1.29 is 4.74 Å². The predicted octanol–water partition coefficient (Wildman–Crippen LogP) is 0.802. The van der Waals surface area contributed by atoms with Gasteiger partial charge in [0.1, 0.15) is 0 Å². The first-order valence-electron chi connectivity index (χ1n) is 3.99. The van der Waals surface area contributed by atoms with Crippen LogP contribution in [0.4, 0.5) is 0 Å². The monoisotopic (exact) mass is 178 g/mol. The summed E-state index contributed by atoms with van der Waals surface area (Å²) in [6, 6.07) is 1.38. The smallest absolute Gasteiger partial charge is 0.0976 e. The highest BCUT2D eigenvalue weighted by molar-refractivity contribution is 6.18. The lowest BCUT2D eigenvalue weighted by atomic mass is 10.1. The number of halogens is 1. The first-order chi connectivity index (χ1) is 4.77. The molecule has 1 nitrogen and oxygen atoms in total. The zero-order valence-corrected chi connectivity index (χ0v) is 9.40. The molecule has 0 aromatic carbocycles. The molecule has 3 heteroatoms. The van der Waals surface area contributed by atoms with Crippen LogP contribution in [0, 0.1) is 5.92 Å². The molecule has 0 aromatic rings. The van der Waals surface area contributed by atoms with Crippen LogP contribution in [0.3, 0.4) is 0 Å². The van der Waals surface area contributed by atoms with Crippen molar-refractivity contribution >= 4 is 21.8 Å². The quantitative estimate of drug-likeness (QED) is 0.353. The van der Waals surface area contributed by atoms with Crippen molar-refractivity contribution in [3.8, 4) is 0 Å². The van der Waals surface area contributed by atoms with Gasteiger partial charge in [0.05, 0.1) is 18.1 Å². The fourth-order valence-corrected chi connectivity index (χ4v) is 1.69. The van der Waals surface area contributed by atoms with Crippen LogP contribution in [0.1, 0.15) is 13.3 Å². The third-order valence-corrected chi connectivity index (χ3v) is 3.87. The van der Waals surface area contributed by atoms with Crippen LogP contribution in [0.15, 0.2) is 0 Å². The van der Waals surface area contributed by atoms with Crippen molar-refractivity contribution in [3.63, 3.8) is 0 Å². The molecule has 0 amide bonds. The highest BCUT2D eigenvalue weighted by atomic mass is 35.5. The molecule has 1 aliphatic heterocycles. The number of hydrogen-bond acceptors (Lipinski definition) is 1. The van der Waals surface area contributed by atoms with Gasteiger partial charge in [0.2, 0.25) is 0 Å². The average Bonchev–Trinajstić information content (AvgIpc) is 2.67. The normalized spacial score (nSPS) is 34.2. The van der Waals surface area contributed by atoms with Crippen LogP contribution in [-0.2, 0) is 4.74 Å². The SMILES string of the molecule is CC(C[SiH3])CC1OC1CCl. The first kappa shape index (κ1) is 8.56. The molecule has 1 heterocycles. The van der Waals surface area contributed by atoms with Crippen LogP contribution >= 0.6 is 11.6 Å². The second-order valence-corrected chi connectivity index (χ2v) is 4.24. The third-order valence-electron chi connectivity index (χ3n) is 2.17. The molecule has 1 rings (SSSR count). The largest absolute Gasteiger partial charge is 0.368 e. The van der Waals surface area contributed by atoms with Gasteiger partial charge in [-0.25, -0.2) is 0 Å². The molecule has 3 unspecified atom stereocenters. The third kappa shape index (κ3) is 2.26. The van der Waals surface area contributed by atoms with Crippen LogP contribution in [0.5, 0.6) is 0 Å². The molecule has 0 aromatic heterocycles. The Morgan fingerprint density at radius 3 is 2.70 bits per heavy atom. The van der Waals surface area contributed by atoms with Crippen molar-refractivity contribution in [3.05, 3.63) is 0 Å². The molecule has 1 saturated heterocycles. The fourth-order valence-electron chi connectivity index (χ4n) is 1.09. The van der Waals surface area contributed by atoms with Gasteiger partial charge in [0.25, 0.3) is 0 Å². The minimum absolute atomic E-state index is 0.386. The van der Waals surface area contributed by atoms with Gasteiger partial charge in [-0.1, -0.05) is 13.0 Å².